The van der Waals surface area contributed by atoms with Crippen LogP contribution in [-0.2, 0) is 13.0 Å². The molecule has 17 heavy (non-hydrogen) atoms. The van der Waals surface area contributed by atoms with Crippen molar-refractivity contribution in [3.63, 3.8) is 0 Å². The van der Waals surface area contributed by atoms with Gasteiger partial charge >= 0.3 is 0 Å². The summed E-state index contributed by atoms with van der Waals surface area (Å²) in [6.07, 6.45) is 0.889. The number of hydrogen-bond acceptors (Lipinski definition) is 2. The van der Waals surface area contributed by atoms with E-state index < -0.39 is 0 Å². The van der Waals surface area contributed by atoms with Crippen LogP contribution in [0.2, 0.25) is 0 Å². The van der Waals surface area contributed by atoms with E-state index in [0.29, 0.717) is 0 Å². The molecule has 1 N–H and O–H groups in total. The summed E-state index contributed by atoms with van der Waals surface area (Å²) in [6.45, 7) is 3.52. The average molecular weight is 233 g/mol. The minimum absolute atomic E-state index is 0.187. The molecule has 2 aromatic rings. The lowest BCUT2D eigenvalue weighted by atomic mass is 10.1. The van der Waals surface area contributed by atoms with Crippen molar-refractivity contribution in [2.24, 2.45) is 0 Å². The van der Waals surface area contributed by atoms with Crippen molar-refractivity contribution in [1.82, 2.24) is 5.32 Å². The topological polar surface area (TPSA) is 25.2 Å². The van der Waals surface area contributed by atoms with E-state index in [-0.39, 0.29) is 5.82 Å². The van der Waals surface area contributed by atoms with Crippen LogP contribution in [0.5, 0.6) is 0 Å². The molecular formula is C14H16FNO. The Morgan fingerprint density at radius 2 is 1.88 bits per heavy atom. The Labute approximate surface area is 100 Å². The van der Waals surface area contributed by atoms with Gasteiger partial charge in [-0.2, -0.15) is 0 Å². The molecule has 2 rings (SSSR count). The molecule has 2 nitrogen and oxygen atoms in total. The van der Waals surface area contributed by atoms with E-state index in [0.717, 1.165) is 36.6 Å². The van der Waals surface area contributed by atoms with E-state index in [1.54, 1.807) is 0 Å². The molecule has 0 bridgehead atoms. The summed E-state index contributed by atoms with van der Waals surface area (Å²) < 4.78 is 18.1. The standard InChI is InChI=1S/C14H16FNO/c1-11-2-7-14(17-11)10-16-9-8-12-3-5-13(15)6-4-12/h2-7,16H,8-10H2,1H3. The third-order valence-electron chi connectivity index (χ3n) is 2.60. The van der Waals surface area contributed by atoms with E-state index in [2.05, 4.69) is 5.32 Å². The lowest BCUT2D eigenvalue weighted by Gasteiger charge is -2.03. The molecule has 3 heteroatoms. The predicted molar refractivity (Wildman–Crippen MR) is 65.3 cm³/mol. The van der Waals surface area contributed by atoms with Gasteiger partial charge in [-0.05, 0) is 49.7 Å². The number of furan rings is 1. The molecule has 1 heterocycles. The fourth-order valence-electron chi connectivity index (χ4n) is 1.68. The van der Waals surface area contributed by atoms with E-state index in [1.807, 2.05) is 31.2 Å². The summed E-state index contributed by atoms with van der Waals surface area (Å²) in [4.78, 5) is 0. The minimum atomic E-state index is -0.187. The maximum absolute atomic E-state index is 12.7. The minimum Gasteiger partial charge on any atom is -0.465 e. The van der Waals surface area contributed by atoms with Crippen LogP contribution < -0.4 is 5.32 Å². The highest BCUT2D eigenvalue weighted by Gasteiger charge is 1.98. The van der Waals surface area contributed by atoms with Gasteiger partial charge in [-0.25, -0.2) is 4.39 Å². The SMILES string of the molecule is Cc1ccc(CNCCc2ccc(F)cc2)o1. The van der Waals surface area contributed by atoms with Gasteiger partial charge in [0.05, 0.1) is 6.54 Å². The molecule has 0 aliphatic carbocycles. The van der Waals surface area contributed by atoms with Gasteiger partial charge < -0.3 is 9.73 Å². The Kier molecular flexibility index (Phi) is 3.94. The van der Waals surface area contributed by atoms with Gasteiger partial charge in [-0.1, -0.05) is 12.1 Å². The van der Waals surface area contributed by atoms with Crippen molar-refractivity contribution in [2.75, 3.05) is 6.54 Å². The van der Waals surface area contributed by atoms with E-state index in [9.17, 15) is 4.39 Å². The van der Waals surface area contributed by atoms with Crippen molar-refractivity contribution in [2.45, 2.75) is 19.9 Å². The first-order valence-corrected chi connectivity index (χ1v) is 5.74. The Bertz CT molecular complexity index is 461. The zero-order valence-electron chi connectivity index (χ0n) is 9.87. The first-order chi connectivity index (χ1) is 8.24. The lowest BCUT2D eigenvalue weighted by Crippen LogP contribution is -2.16. The maximum atomic E-state index is 12.7. The fourth-order valence-corrected chi connectivity index (χ4v) is 1.68. The van der Waals surface area contributed by atoms with Crippen LogP contribution in [0.4, 0.5) is 4.39 Å². The van der Waals surface area contributed by atoms with E-state index in [4.69, 9.17) is 4.42 Å². The van der Waals surface area contributed by atoms with Crippen molar-refractivity contribution < 1.29 is 8.81 Å². The monoisotopic (exact) mass is 233 g/mol. The Morgan fingerprint density at radius 1 is 1.12 bits per heavy atom. The van der Waals surface area contributed by atoms with Crippen LogP contribution in [0.3, 0.4) is 0 Å². The highest BCUT2D eigenvalue weighted by molar-refractivity contribution is 5.16. The van der Waals surface area contributed by atoms with Crippen molar-refractivity contribution in [3.8, 4) is 0 Å². The number of nitrogens with one attached hydrogen (secondary N) is 1. The first-order valence-electron chi connectivity index (χ1n) is 5.74. The smallest absolute Gasteiger partial charge is 0.123 e. The van der Waals surface area contributed by atoms with Gasteiger partial charge in [0.15, 0.2) is 0 Å². The quantitative estimate of drug-likeness (QED) is 0.803. The van der Waals surface area contributed by atoms with E-state index >= 15 is 0 Å². The first kappa shape index (κ1) is 11.9. The number of aryl methyl sites for hydroxylation is 1. The van der Waals surface area contributed by atoms with Crippen molar-refractivity contribution >= 4 is 0 Å². The second kappa shape index (κ2) is 5.64. The molecule has 0 fully saturated rings. The van der Waals surface area contributed by atoms with Crippen LogP contribution in [0.15, 0.2) is 40.8 Å². The Hall–Kier alpha value is -1.61. The molecule has 0 radical (unpaired) electrons. The Morgan fingerprint density at radius 3 is 2.53 bits per heavy atom. The third-order valence-corrected chi connectivity index (χ3v) is 2.60. The normalized spacial score (nSPS) is 10.7. The van der Waals surface area contributed by atoms with Crippen molar-refractivity contribution in [3.05, 3.63) is 59.3 Å². The molecule has 0 saturated heterocycles. The van der Waals surface area contributed by atoms with Gasteiger partial charge in [-0.15, -0.1) is 0 Å². The molecule has 1 aromatic carbocycles. The highest BCUT2D eigenvalue weighted by atomic mass is 19.1. The molecule has 0 aliphatic rings. The average Bonchev–Trinajstić information content (AvgIpc) is 2.73. The molecule has 0 spiro atoms. The Balaban J connectivity index is 1.71. The largest absolute Gasteiger partial charge is 0.465 e. The molecule has 0 amide bonds. The summed E-state index contributed by atoms with van der Waals surface area (Å²) in [7, 11) is 0. The fraction of sp³-hybridized carbons (Fsp3) is 0.286. The predicted octanol–water partition coefficient (Wildman–Crippen LogP) is 3.06. The number of benzene rings is 1. The summed E-state index contributed by atoms with van der Waals surface area (Å²) >= 11 is 0. The third kappa shape index (κ3) is 3.71. The molecule has 90 valence electrons. The van der Waals surface area contributed by atoms with Gasteiger partial charge in [0.2, 0.25) is 0 Å². The number of hydrogen-bond donors (Lipinski definition) is 1. The van der Waals surface area contributed by atoms with E-state index in [1.165, 1.54) is 12.1 Å². The van der Waals surface area contributed by atoms with Crippen molar-refractivity contribution in [1.29, 1.82) is 0 Å². The second-order valence-electron chi connectivity index (χ2n) is 4.07. The van der Waals surface area contributed by atoms with Crippen LogP contribution in [0, 0.1) is 12.7 Å². The summed E-state index contributed by atoms with van der Waals surface area (Å²) in [6, 6.07) is 10.5. The van der Waals surface area contributed by atoms with Crippen LogP contribution in [0.1, 0.15) is 17.1 Å². The van der Waals surface area contributed by atoms with Gasteiger partial charge in [0.1, 0.15) is 17.3 Å². The molecule has 0 aliphatic heterocycles. The van der Waals surface area contributed by atoms with Gasteiger partial charge in [-0.3, -0.25) is 0 Å². The number of rotatable bonds is 5. The number of halogens is 1. The molecule has 1 aromatic heterocycles. The van der Waals surface area contributed by atoms with Gasteiger partial charge in [0, 0.05) is 0 Å². The van der Waals surface area contributed by atoms with Crippen LogP contribution in [0.25, 0.3) is 0 Å². The summed E-state index contributed by atoms with van der Waals surface area (Å²) in [5, 5.41) is 3.29. The summed E-state index contributed by atoms with van der Waals surface area (Å²) in [5.74, 6) is 1.69. The zero-order chi connectivity index (χ0) is 12.1. The molecule has 0 atom stereocenters. The second-order valence-corrected chi connectivity index (χ2v) is 4.07. The molecular weight excluding hydrogens is 217 g/mol. The summed E-state index contributed by atoms with van der Waals surface area (Å²) in [5.41, 5.74) is 1.13. The van der Waals surface area contributed by atoms with Crippen LogP contribution in [-0.4, -0.2) is 6.54 Å². The maximum Gasteiger partial charge on any atom is 0.123 e. The zero-order valence-corrected chi connectivity index (χ0v) is 9.87. The van der Waals surface area contributed by atoms with Gasteiger partial charge in [0.25, 0.3) is 0 Å². The molecule has 0 saturated carbocycles. The highest BCUT2D eigenvalue weighted by Crippen LogP contribution is 2.06. The van der Waals surface area contributed by atoms with Crippen LogP contribution >= 0.6 is 0 Å². The molecule has 0 unspecified atom stereocenters. The lowest BCUT2D eigenvalue weighted by molar-refractivity contribution is 0.463.